The number of hydrogen-bond acceptors (Lipinski definition) is 2. The predicted molar refractivity (Wildman–Crippen MR) is 65.6 cm³/mol. The van der Waals surface area contributed by atoms with Gasteiger partial charge in [-0.3, -0.25) is 5.43 Å². The van der Waals surface area contributed by atoms with E-state index in [1.165, 1.54) is 25.0 Å². The van der Waals surface area contributed by atoms with Gasteiger partial charge in [-0.15, -0.1) is 0 Å². The van der Waals surface area contributed by atoms with Gasteiger partial charge in [0, 0.05) is 10.7 Å². The zero-order valence-corrected chi connectivity index (χ0v) is 9.43. The molecule has 2 nitrogen and oxygen atoms in total. The molecule has 15 heavy (non-hydrogen) atoms. The van der Waals surface area contributed by atoms with Crippen molar-refractivity contribution in [2.24, 2.45) is 5.10 Å². The number of benzene rings is 1. The standard InChI is InChI=1S/C12H15ClN2/c13-10-6-8-12(9-7-10)15-14-11-4-2-1-3-5-11/h6-9,15H,1-5H2. The summed E-state index contributed by atoms with van der Waals surface area (Å²) in [5.41, 5.74) is 5.36. The molecule has 1 N–H and O–H groups in total. The summed E-state index contributed by atoms with van der Waals surface area (Å²) in [5.74, 6) is 0. The Bertz CT molecular complexity index is 335. The van der Waals surface area contributed by atoms with Crippen molar-refractivity contribution in [1.29, 1.82) is 0 Å². The van der Waals surface area contributed by atoms with Gasteiger partial charge in [-0.25, -0.2) is 0 Å². The van der Waals surface area contributed by atoms with Gasteiger partial charge in [0.2, 0.25) is 0 Å². The van der Waals surface area contributed by atoms with Crippen molar-refractivity contribution in [3.63, 3.8) is 0 Å². The van der Waals surface area contributed by atoms with Crippen LogP contribution in [0.1, 0.15) is 32.1 Å². The third-order valence-corrected chi connectivity index (χ3v) is 2.87. The molecule has 80 valence electrons. The molecule has 1 fully saturated rings. The van der Waals surface area contributed by atoms with Crippen LogP contribution in [0.3, 0.4) is 0 Å². The van der Waals surface area contributed by atoms with Gasteiger partial charge in [0.25, 0.3) is 0 Å². The van der Waals surface area contributed by atoms with Crippen molar-refractivity contribution in [1.82, 2.24) is 0 Å². The van der Waals surface area contributed by atoms with Crippen molar-refractivity contribution in [3.05, 3.63) is 29.3 Å². The Labute approximate surface area is 95.3 Å². The van der Waals surface area contributed by atoms with E-state index in [2.05, 4.69) is 10.5 Å². The second kappa shape index (κ2) is 5.17. The molecule has 0 amide bonds. The summed E-state index contributed by atoms with van der Waals surface area (Å²) in [7, 11) is 0. The first kappa shape index (κ1) is 10.5. The Morgan fingerprint density at radius 1 is 1.00 bits per heavy atom. The molecule has 0 radical (unpaired) electrons. The van der Waals surface area contributed by atoms with Crippen LogP contribution in [-0.2, 0) is 0 Å². The molecule has 0 unspecified atom stereocenters. The van der Waals surface area contributed by atoms with Gasteiger partial charge >= 0.3 is 0 Å². The maximum atomic E-state index is 5.80. The van der Waals surface area contributed by atoms with Gasteiger partial charge in [0.15, 0.2) is 0 Å². The van der Waals surface area contributed by atoms with E-state index < -0.39 is 0 Å². The summed E-state index contributed by atoms with van der Waals surface area (Å²) in [6.45, 7) is 0. The van der Waals surface area contributed by atoms with Gasteiger partial charge in [-0.2, -0.15) is 5.10 Å². The zero-order chi connectivity index (χ0) is 10.5. The minimum atomic E-state index is 0.755. The summed E-state index contributed by atoms with van der Waals surface area (Å²) < 4.78 is 0. The smallest absolute Gasteiger partial charge is 0.0562 e. The maximum absolute atomic E-state index is 5.80. The molecular formula is C12H15ClN2. The molecule has 0 aromatic heterocycles. The third kappa shape index (κ3) is 3.24. The molecule has 1 aliphatic rings. The van der Waals surface area contributed by atoms with Crippen molar-refractivity contribution in [2.75, 3.05) is 5.43 Å². The van der Waals surface area contributed by atoms with Crippen molar-refractivity contribution >= 4 is 23.0 Å². The second-order valence-corrected chi connectivity index (χ2v) is 4.29. The Balaban J connectivity index is 1.94. The van der Waals surface area contributed by atoms with Crippen molar-refractivity contribution in [3.8, 4) is 0 Å². The van der Waals surface area contributed by atoms with Crippen LogP contribution in [0.4, 0.5) is 5.69 Å². The Hall–Kier alpha value is -1.02. The van der Waals surface area contributed by atoms with E-state index in [1.807, 2.05) is 24.3 Å². The Morgan fingerprint density at radius 2 is 1.67 bits per heavy atom. The molecule has 1 saturated carbocycles. The van der Waals surface area contributed by atoms with Gasteiger partial charge in [-0.05, 0) is 49.9 Å². The molecular weight excluding hydrogens is 208 g/mol. The highest BCUT2D eigenvalue weighted by atomic mass is 35.5. The van der Waals surface area contributed by atoms with Crippen molar-refractivity contribution in [2.45, 2.75) is 32.1 Å². The molecule has 2 rings (SSSR count). The van der Waals surface area contributed by atoms with Crippen LogP contribution >= 0.6 is 11.6 Å². The lowest BCUT2D eigenvalue weighted by Gasteiger charge is -2.12. The van der Waals surface area contributed by atoms with Crippen LogP contribution in [-0.4, -0.2) is 5.71 Å². The lowest BCUT2D eigenvalue weighted by atomic mass is 9.99. The SMILES string of the molecule is Clc1ccc(NN=C2CCCCC2)cc1. The van der Waals surface area contributed by atoms with Crippen LogP contribution in [0.15, 0.2) is 29.4 Å². The number of anilines is 1. The Morgan fingerprint density at radius 3 is 2.33 bits per heavy atom. The first-order valence-corrected chi connectivity index (χ1v) is 5.79. The van der Waals surface area contributed by atoms with E-state index in [0.29, 0.717) is 0 Å². The normalized spacial score (nSPS) is 16.2. The highest BCUT2D eigenvalue weighted by Crippen LogP contribution is 2.16. The van der Waals surface area contributed by atoms with Crippen LogP contribution in [0.5, 0.6) is 0 Å². The highest BCUT2D eigenvalue weighted by Gasteiger charge is 2.06. The maximum Gasteiger partial charge on any atom is 0.0562 e. The minimum absolute atomic E-state index is 0.755. The molecule has 3 heteroatoms. The van der Waals surface area contributed by atoms with Gasteiger partial charge < -0.3 is 0 Å². The molecule has 0 heterocycles. The summed E-state index contributed by atoms with van der Waals surface area (Å²) in [6.07, 6.45) is 6.18. The summed E-state index contributed by atoms with van der Waals surface area (Å²) >= 11 is 5.80. The monoisotopic (exact) mass is 222 g/mol. The number of halogens is 1. The first-order valence-electron chi connectivity index (χ1n) is 5.41. The summed E-state index contributed by atoms with van der Waals surface area (Å²) in [6, 6.07) is 7.61. The molecule has 0 saturated heterocycles. The third-order valence-electron chi connectivity index (χ3n) is 2.62. The molecule has 1 aromatic rings. The summed E-state index contributed by atoms with van der Waals surface area (Å²) in [5, 5.41) is 5.16. The molecule has 0 aliphatic heterocycles. The van der Waals surface area contributed by atoms with E-state index in [9.17, 15) is 0 Å². The Kier molecular flexibility index (Phi) is 3.62. The van der Waals surface area contributed by atoms with Gasteiger partial charge in [-0.1, -0.05) is 18.0 Å². The lowest BCUT2D eigenvalue weighted by Crippen LogP contribution is -2.07. The van der Waals surface area contributed by atoms with Crippen LogP contribution in [0.2, 0.25) is 5.02 Å². The fourth-order valence-corrected chi connectivity index (χ4v) is 1.87. The fourth-order valence-electron chi connectivity index (χ4n) is 1.74. The average molecular weight is 223 g/mol. The molecule has 0 spiro atoms. The number of hydrogen-bond donors (Lipinski definition) is 1. The molecule has 1 aromatic carbocycles. The average Bonchev–Trinajstić information content (AvgIpc) is 2.30. The zero-order valence-electron chi connectivity index (χ0n) is 8.67. The quantitative estimate of drug-likeness (QED) is 0.750. The number of rotatable bonds is 2. The van der Waals surface area contributed by atoms with Crippen LogP contribution in [0.25, 0.3) is 0 Å². The van der Waals surface area contributed by atoms with E-state index in [1.54, 1.807) is 0 Å². The molecule has 0 atom stereocenters. The van der Waals surface area contributed by atoms with E-state index in [-0.39, 0.29) is 0 Å². The minimum Gasteiger partial charge on any atom is -0.279 e. The van der Waals surface area contributed by atoms with Crippen LogP contribution in [0, 0.1) is 0 Å². The van der Waals surface area contributed by atoms with Gasteiger partial charge in [0.1, 0.15) is 0 Å². The number of hydrazone groups is 1. The largest absolute Gasteiger partial charge is 0.279 e. The van der Waals surface area contributed by atoms with Crippen molar-refractivity contribution < 1.29 is 0 Å². The van der Waals surface area contributed by atoms with E-state index >= 15 is 0 Å². The lowest BCUT2D eigenvalue weighted by molar-refractivity contribution is 0.665. The molecule has 1 aliphatic carbocycles. The fraction of sp³-hybridized carbons (Fsp3) is 0.417. The second-order valence-electron chi connectivity index (χ2n) is 3.86. The van der Waals surface area contributed by atoms with E-state index in [0.717, 1.165) is 23.6 Å². The van der Waals surface area contributed by atoms with Crippen LogP contribution < -0.4 is 5.43 Å². The first-order chi connectivity index (χ1) is 7.34. The predicted octanol–water partition coefficient (Wildman–Crippen LogP) is 4.07. The molecule has 0 bridgehead atoms. The topological polar surface area (TPSA) is 24.4 Å². The van der Waals surface area contributed by atoms with Gasteiger partial charge in [0.05, 0.1) is 5.69 Å². The highest BCUT2D eigenvalue weighted by molar-refractivity contribution is 6.30. The summed E-state index contributed by atoms with van der Waals surface area (Å²) in [4.78, 5) is 0. The number of nitrogens with zero attached hydrogens (tertiary/aromatic N) is 1. The number of nitrogens with one attached hydrogen (secondary N) is 1. The van der Waals surface area contributed by atoms with E-state index in [4.69, 9.17) is 11.6 Å².